The number of phenolic OH excluding ortho intramolecular Hbond substituents is 1. The number of aliphatic hydroxyl groups is 1. The lowest BCUT2D eigenvalue weighted by Gasteiger charge is -2.07. The van der Waals surface area contributed by atoms with Crippen LogP contribution in [-0.2, 0) is 4.79 Å². The van der Waals surface area contributed by atoms with Crippen molar-refractivity contribution < 1.29 is 15.0 Å². The summed E-state index contributed by atoms with van der Waals surface area (Å²) in [5.41, 5.74) is 0.518. The topological polar surface area (TPSA) is 57.5 Å². The highest BCUT2D eigenvalue weighted by atomic mass is 16.3. The molecule has 13 heavy (non-hydrogen) atoms. The van der Waals surface area contributed by atoms with Crippen LogP contribution in [0.1, 0.15) is 25.0 Å². The summed E-state index contributed by atoms with van der Waals surface area (Å²) in [5, 5.41) is 18.4. The molecule has 3 nitrogen and oxygen atoms in total. The first-order valence-electron chi connectivity index (χ1n) is 4.15. The number of ketones is 1. The first-order valence-corrected chi connectivity index (χ1v) is 4.15. The Labute approximate surface area is 76.6 Å². The predicted molar refractivity (Wildman–Crippen MR) is 48.4 cm³/mol. The van der Waals surface area contributed by atoms with Gasteiger partial charge in [-0.3, -0.25) is 4.79 Å². The van der Waals surface area contributed by atoms with Crippen molar-refractivity contribution in [1.82, 2.24) is 0 Å². The number of hydrogen-bond donors (Lipinski definition) is 2. The third-order valence-corrected chi connectivity index (χ3v) is 1.86. The molecule has 1 unspecified atom stereocenters. The number of aliphatic hydroxyl groups excluding tert-OH is 1. The van der Waals surface area contributed by atoms with E-state index in [2.05, 4.69) is 0 Å². The molecule has 1 rings (SSSR count). The van der Waals surface area contributed by atoms with Crippen molar-refractivity contribution in [2.24, 2.45) is 0 Å². The van der Waals surface area contributed by atoms with Crippen LogP contribution < -0.4 is 0 Å². The lowest BCUT2D eigenvalue weighted by molar-refractivity contribution is -0.127. The third-order valence-electron chi connectivity index (χ3n) is 1.86. The van der Waals surface area contributed by atoms with Crippen LogP contribution in [0.3, 0.4) is 0 Å². The normalized spacial score (nSPS) is 12.5. The van der Waals surface area contributed by atoms with Crippen molar-refractivity contribution >= 4 is 5.78 Å². The summed E-state index contributed by atoms with van der Waals surface area (Å²) in [6.07, 6.45) is -0.757. The second-order valence-electron chi connectivity index (χ2n) is 2.81. The maximum Gasteiger partial charge on any atom is 0.165 e. The van der Waals surface area contributed by atoms with Crippen LogP contribution in [0, 0.1) is 0 Å². The molecular weight excluding hydrogens is 168 g/mol. The molecule has 0 saturated heterocycles. The number of hydrogen-bond acceptors (Lipinski definition) is 3. The van der Waals surface area contributed by atoms with Crippen LogP contribution in [0.4, 0.5) is 0 Å². The van der Waals surface area contributed by atoms with Crippen molar-refractivity contribution in [3.05, 3.63) is 29.8 Å². The highest BCUT2D eigenvalue weighted by Crippen LogP contribution is 2.18. The van der Waals surface area contributed by atoms with E-state index in [0.717, 1.165) is 0 Å². The summed E-state index contributed by atoms with van der Waals surface area (Å²) >= 11 is 0. The Morgan fingerprint density at radius 3 is 2.38 bits per heavy atom. The van der Waals surface area contributed by atoms with E-state index in [1.165, 1.54) is 24.3 Å². The van der Waals surface area contributed by atoms with Crippen molar-refractivity contribution in [2.75, 3.05) is 0 Å². The summed E-state index contributed by atoms with van der Waals surface area (Å²) in [5.74, 6) is -0.0920. The average molecular weight is 180 g/mol. The maximum absolute atomic E-state index is 11.1. The zero-order valence-electron chi connectivity index (χ0n) is 7.40. The molecule has 1 atom stereocenters. The van der Waals surface area contributed by atoms with Crippen molar-refractivity contribution in [3.8, 4) is 5.75 Å². The second kappa shape index (κ2) is 4.05. The van der Waals surface area contributed by atoms with E-state index in [0.29, 0.717) is 12.0 Å². The van der Waals surface area contributed by atoms with Crippen LogP contribution in [0.5, 0.6) is 5.75 Å². The lowest BCUT2D eigenvalue weighted by atomic mass is 10.0. The fourth-order valence-corrected chi connectivity index (χ4v) is 1.04. The monoisotopic (exact) mass is 180 g/mol. The van der Waals surface area contributed by atoms with Gasteiger partial charge in [-0.15, -0.1) is 0 Å². The van der Waals surface area contributed by atoms with Crippen molar-refractivity contribution in [1.29, 1.82) is 0 Å². The Bertz CT molecular complexity index is 290. The summed E-state index contributed by atoms with van der Waals surface area (Å²) in [6, 6.07) is 5.96. The highest BCUT2D eigenvalue weighted by molar-refractivity contribution is 5.83. The molecule has 3 heteroatoms. The minimum atomic E-state index is -1.06. The molecule has 0 aliphatic carbocycles. The van der Waals surface area contributed by atoms with E-state index >= 15 is 0 Å². The standard InChI is InChI=1S/C10H12O3/c1-2-9(12)10(13)7-3-5-8(11)6-4-7/h3-6,10-11,13H,2H2,1H3. The number of carbonyl (C=O) groups excluding carboxylic acids is 1. The molecule has 1 aromatic rings. The molecule has 0 saturated carbocycles. The van der Waals surface area contributed by atoms with Crippen LogP contribution in [0.2, 0.25) is 0 Å². The summed E-state index contributed by atoms with van der Waals surface area (Å²) in [6.45, 7) is 1.70. The zero-order valence-corrected chi connectivity index (χ0v) is 7.40. The number of phenols is 1. The Hall–Kier alpha value is -1.35. The van der Waals surface area contributed by atoms with Gasteiger partial charge < -0.3 is 10.2 Å². The Morgan fingerprint density at radius 2 is 1.92 bits per heavy atom. The Balaban J connectivity index is 2.83. The number of aromatic hydroxyl groups is 1. The van der Waals surface area contributed by atoms with Gasteiger partial charge in [0.1, 0.15) is 11.9 Å². The molecule has 2 N–H and O–H groups in total. The van der Waals surface area contributed by atoms with Gasteiger partial charge in [-0.25, -0.2) is 0 Å². The molecule has 0 bridgehead atoms. The van der Waals surface area contributed by atoms with Gasteiger partial charge in [0.15, 0.2) is 5.78 Å². The van der Waals surface area contributed by atoms with Gasteiger partial charge in [-0.2, -0.15) is 0 Å². The van der Waals surface area contributed by atoms with E-state index in [1.54, 1.807) is 6.92 Å². The van der Waals surface area contributed by atoms with Crippen molar-refractivity contribution in [3.63, 3.8) is 0 Å². The van der Waals surface area contributed by atoms with E-state index in [1.807, 2.05) is 0 Å². The smallest absolute Gasteiger partial charge is 0.165 e. The molecule has 0 aliphatic heterocycles. The van der Waals surface area contributed by atoms with Gasteiger partial charge in [-0.1, -0.05) is 19.1 Å². The average Bonchev–Trinajstić information content (AvgIpc) is 2.17. The van der Waals surface area contributed by atoms with Gasteiger partial charge in [-0.05, 0) is 17.7 Å². The maximum atomic E-state index is 11.1. The van der Waals surface area contributed by atoms with Gasteiger partial charge >= 0.3 is 0 Å². The lowest BCUT2D eigenvalue weighted by Crippen LogP contribution is -2.09. The zero-order chi connectivity index (χ0) is 9.84. The largest absolute Gasteiger partial charge is 0.508 e. The third kappa shape index (κ3) is 2.29. The first-order chi connectivity index (χ1) is 6.15. The van der Waals surface area contributed by atoms with Gasteiger partial charge in [0, 0.05) is 6.42 Å². The minimum absolute atomic E-state index is 0.125. The molecule has 0 fully saturated rings. The summed E-state index contributed by atoms with van der Waals surface area (Å²) < 4.78 is 0. The van der Waals surface area contributed by atoms with E-state index in [4.69, 9.17) is 5.11 Å². The molecule has 0 spiro atoms. The summed E-state index contributed by atoms with van der Waals surface area (Å²) in [7, 11) is 0. The predicted octanol–water partition coefficient (Wildman–Crippen LogP) is 1.40. The number of carbonyl (C=O) groups is 1. The molecule has 0 aliphatic rings. The van der Waals surface area contributed by atoms with Gasteiger partial charge in [0.25, 0.3) is 0 Å². The van der Waals surface area contributed by atoms with Crippen LogP contribution in [-0.4, -0.2) is 16.0 Å². The highest BCUT2D eigenvalue weighted by Gasteiger charge is 2.14. The van der Waals surface area contributed by atoms with Crippen LogP contribution in [0.25, 0.3) is 0 Å². The van der Waals surface area contributed by atoms with E-state index < -0.39 is 6.10 Å². The Kier molecular flexibility index (Phi) is 3.03. The van der Waals surface area contributed by atoms with Crippen LogP contribution in [0.15, 0.2) is 24.3 Å². The molecular formula is C10H12O3. The first kappa shape index (κ1) is 9.74. The molecule has 1 aromatic carbocycles. The number of rotatable bonds is 3. The molecule has 0 amide bonds. The van der Waals surface area contributed by atoms with Gasteiger partial charge in [0.05, 0.1) is 0 Å². The Morgan fingerprint density at radius 1 is 1.38 bits per heavy atom. The molecule has 0 aromatic heterocycles. The second-order valence-corrected chi connectivity index (χ2v) is 2.81. The fraction of sp³-hybridized carbons (Fsp3) is 0.300. The summed E-state index contributed by atoms with van der Waals surface area (Å²) in [4.78, 5) is 11.1. The molecule has 0 radical (unpaired) electrons. The minimum Gasteiger partial charge on any atom is -0.508 e. The van der Waals surface area contributed by atoms with Crippen LogP contribution >= 0.6 is 0 Å². The molecule has 0 heterocycles. The SMILES string of the molecule is CCC(=O)C(O)c1ccc(O)cc1. The van der Waals surface area contributed by atoms with Gasteiger partial charge in [0.2, 0.25) is 0 Å². The van der Waals surface area contributed by atoms with E-state index in [-0.39, 0.29) is 11.5 Å². The number of Topliss-reactive ketones (excluding diaryl/α,β-unsaturated/α-hetero) is 1. The fourth-order valence-electron chi connectivity index (χ4n) is 1.04. The van der Waals surface area contributed by atoms with E-state index in [9.17, 15) is 9.90 Å². The quantitative estimate of drug-likeness (QED) is 0.739. The van der Waals surface area contributed by atoms with Crippen molar-refractivity contribution in [2.45, 2.75) is 19.4 Å². The number of benzene rings is 1. The molecule has 70 valence electrons.